The number of benzene rings is 2. The van der Waals surface area contributed by atoms with Crippen LogP contribution in [0.25, 0.3) is 0 Å². The van der Waals surface area contributed by atoms with Crippen LogP contribution in [0, 0.1) is 0 Å². The summed E-state index contributed by atoms with van der Waals surface area (Å²) >= 11 is 3.50. The molecule has 0 amide bonds. The maximum absolute atomic E-state index is 5.34. The number of hydrogen-bond donors (Lipinski definition) is 2. The predicted octanol–water partition coefficient (Wildman–Crippen LogP) is 4.05. The van der Waals surface area contributed by atoms with Crippen molar-refractivity contribution in [1.82, 2.24) is 5.32 Å². The topological polar surface area (TPSA) is 64.1 Å². The van der Waals surface area contributed by atoms with Crippen molar-refractivity contribution in [2.45, 2.75) is 13.5 Å². The highest BCUT2D eigenvalue weighted by Gasteiger charge is 2.07. The van der Waals surface area contributed by atoms with E-state index in [1.165, 1.54) is 0 Å². The molecule has 26 heavy (non-hydrogen) atoms. The fourth-order valence-corrected chi connectivity index (χ4v) is 2.92. The average molecular weight is 422 g/mol. The summed E-state index contributed by atoms with van der Waals surface area (Å²) in [6, 6.07) is 11.6. The molecule has 7 heteroatoms. The number of hydrogen-bond acceptors (Lipinski definition) is 4. The fourth-order valence-electron chi connectivity index (χ4n) is 2.34. The molecule has 2 aromatic rings. The van der Waals surface area contributed by atoms with Gasteiger partial charge in [0.15, 0.2) is 17.5 Å². The first-order chi connectivity index (χ1) is 12.6. The quantitative estimate of drug-likeness (QED) is 0.521. The number of anilines is 1. The first kappa shape index (κ1) is 19.9. The Morgan fingerprint density at radius 2 is 1.65 bits per heavy atom. The smallest absolute Gasteiger partial charge is 0.196 e. The van der Waals surface area contributed by atoms with Gasteiger partial charge in [0.05, 0.1) is 32.3 Å². The molecule has 0 fully saturated rings. The third-order valence-electron chi connectivity index (χ3n) is 3.63. The number of nitrogens with one attached hydrogen (secondary N) is 2. The number of methoxy groups -OCH3 is 3. The molecule has 0 aliphatic carbocycles. The Bertz CT molecular complexity index is 766. The molecule has 0 heterocycles. The zero-order valence-corrected chi connectivity index (χ0v) is 17.0. The van der Waals surface area contributed by atoms with E-state index in [1.807, 2.05) is 43.3 Å². The van der Waals surface area contributed by atoms with E-state index < -0.39 is 0 Å². The molecule has 6 nitrogen and oxygen atoms in total. The SMILES string of the molecule is CCNC(=NCc1ccc(OC)c(Br)c1)Nc1ccc(OC)c(OC)c1. The van der Waals surface area contributed by atoms with Gasteiger partial charge >= 0.3 is 0 Å². The zero-order chi connectivity index (χ0) is 18.9. The van der Waals surface area contributed by atoms with Gasteiger partial charge in [-0.3, -0.25) is 0 Å². The normalized spacial score (nSPS) is 11.0. The molecule has 0 saturated carbocycles. The summed E-state index contributed by atoms with van der Waals surface area (Å²) in [6.45, 7) is 3.31. The van der Waals surface area contributed by atoms with Crippen LogP contribution in [0.4, 0.5) is 5.69 Å². The highest BCUT2D eigenvalue weighted by Crippen LogP contribution is 2.29. The minimum atomic E-state index is 0.533. The van der Waals surface area contributed by atoms with E-state index in [0.717, 1.165) is 28.0 Å². The van der Waals surface area contributed by atoms with E-state index in [1.54, 1.807) is 21.3 Å². The number of ether oxygens (including phenoxy) is 3. The predicted molar refractivity (Wildman–Crippen MR) is 109 cm³/mol. The standard InChI is InChI=1S/C19H24BrN3O3/c1-5-21-19(22-12-13-6-8-16(24-2)15(20)10-13)23-14-7-9-17(25-3)18(11-14)26-4/h6-11H,5,12H2,1-4H3,(H2,21,22,23). The van der Waals surface area contributed by atoms with Gasteiger partial charge in [0, 0.05) is 18.3 Å². The molecule has 0 aliphatic heterocycles. The van der Waals surface area contributed by atoms with Crippen LogP contribution in [0.3, 0.4) is 0 Å². The highest BCUT2D eigenvalue weighted by molar-refractivity contribution is 9.10. The zero-order valence-electron chi connectivity index (χ0n) is 15.4. The molecule has 0 unspecified atom stereocenters. The molecule has 0 radical (unpaired) electrons. The van der Waals surface area contributed by atoms with E-state index >= 15 is 0 Å². The van der Waals surface area contributed by atoms with Crippen LogP contribution in [-0.2, 0) is 6.54 Å². The van der Waals surface area contributed by atoms with Crippen molar-refractivity contribution in [2.75, 3.05) is 33.2 Å². The first-order valence-electron chi connectivity index (χ1n) is 8.21. The molecule has 140 valence electrons. The summed E-state index contributed by atoms with van der Waals surface area (Å²) in [5.41, 5.74) is 1.93. The van der Waals surface area contributed by atoms with Crippen LogP contribution >= 0.6 is 15.9 Å². The van der Waals surface area contributed by atoms with Crippen LogP contribution in [0.1, 0.15) is 12.5 Å². The van der Waals surface area contributed by atoms with E-state index in [4.69, 9.17) is 14.2 Å². The van der Waals surface area contributed by atoms with Gasteiger partial charge in [-0.15, -0.1) is 0 Å². The van der Waals surface area contributed by atoms with Crippen molar-refractivity contribution in [3.63, 3.8) is 0 Å². The van der Waals surface area contributed by atoms with Crippen LogP contribution in [0.15, 0.2) is 45.9 Å². The van der Waals surface area contributed by atoms with Crippen molar-refractivity contribution in [2.24, 2.45) is 4.99 Å². The molecule has 0 aliphatic rings. The molecule has 0 atom stereocenters. The Morgan fingerprint density at radius 3 is 2.27 bits per heavy atom. The Kier molecular flexibility index (Phi) is 7.59. The van der Waals surface area contributed by atoms with Crippen molar-refractivity contribution in [1.29, 1.82) is 0 Å². The number of guanidine groups is 1. The lowest BCUT2D eigenvalue weighted by molar-refractivity contribution is 0.355. The van der Waals surface area contributed by atoms with Crippen molar-refractivity contribution in [3.8, 4) is 17.2 Å². The molecule has 2 aromatic carbocycles. The lowest BCUT2D eigenvalue weighted by Crippen LogP contribution is -2.30. The molecular formula is C19H24BrN3O3. The van der Waals surface area contributed by atoms with Gasteiger partial charge in [0.2, 0.25) is 0 Å². The van der Waals surface area contributed by atoms with Crippen LogP contribution < -0.4 is 24.8 Å². The van der Waals surface area contributed by atoms with E-state index in [0.29, 0.717) is 24.0 Å². The highest BCUT2D eigenvalue weighted by atomic mass is 79.9. The van der Waals surface area contributed by atoms with Crippen molar-refractivity contribution < 1.29 is 14.2 Å². The van der Waals surface area contributed by atoms with Crippen molar-refractivity contribution >= 4 is 27.6 Å². The first-order valence-corrected chi connectivity index (χ1v) is 9.00. The van der Waals surface area contributed by atoms with Crippen molar-refractivity contribution in [3.05, 3.63) is 46.4 Å². The summed E-state index contributed by atoms with van der Waals surface area (Å²) in [5.74, 6) is 2.83. The van der Waals surface area contributed by atoms with Gasteiger partial charge in [-0.2, -0.15) is 0 Å². The van der Waals surface area contributed by atoms with Crippen LogP contribution in [0.2, 0.25) is 0 Å². The fraction of sp³-hybridized carbons (Fsp3) is 0.316. The minimum absolute atomic E-state index is 0.533. The largest absolute Gasteiger partial charge is 0.496 e. The number of halogens is 1. The molecule has 0 bridgehead atoms. The van der Waals surface area contributed by atoms with Crippen LogP contribution in [0.5, 0.6) is 17.2 Å². The molecule has 2 N–H and O–H groups in total. The summed E-state index contributed by atoms with van der Waals surface area (Å²) in [7, 11) is 4.88. The average Bonchev–Trinajstić information content (AvgIpc) is 2.66. The van der Waals surface area contributed by atoms with E-state index in [2.05, 4.69) is 31.6 Å². The van der Waals surface area contributed by atoms with Gasteiger partial charge in [-0.1, -0.05) is 6.07 Å². The molecule has 0 spiro atoms. The lowest BCUT2D eigenvalue weighted by atomic mass is 10.2. The third-order valence-corrected chi connectivity index (χ3v) is 4.25. The van der Waals surface area contributed by atoms with E-state index in [-0.39, 0.29) is 0 Å². The third kappa shape index (κ3) is 5.29. The monoisotopic (exact) mass is 421 g/mol. The summed E-state index contributed by atoms with van der Waals surface area (Å²) in [4.78, 5) is 4.63. The Balaban J connectivity index is 2.15. The Hall–Kier alpha value is -2.41. The van der Waals surface area contributed by atoms with Gasteiger partial charge in [0.25, 0.3) is 0 Å². The van der Waals surface area contributed by atoms with Gasteiger partial charge in [-0.05, 0) is 52.7 Å². The Labute approximate surface area is 162 Å². The molecular weight excluding hydrogens is 398 g/mol. The van der Waals surface area contributed by atoms with Gasteiger partial charge in [-0.25, -0.2) is 4.99 Å². The molecule has 0 aromatic heterocycles. The maximum atomic E-state index is 5.34. The van der Waals surface area contributed by atoms with Crippen LogP contribution in [-0.4, -0.2) is 33.8 Å². The molecule has 0 saturated heterocycles. The second kappa shape index (κ2) is 9.91. The van der Waals surface area contributed by atoms with E-state index in [9.17, 15) is 0 Å². The Morgan fingerprint density at radius 1 is 0.962 bits per heavy atom. The summed E-state index contributed by atoms with van der Waals surface area (Å²) < 4.78 is 16.8. The van der Waals surface area contributed by atoms with Gasteiger partial charge < -0.3 is 24.8 Å². The summed E-state index contributed by atoms with van der Waals surface area (Å²) in [6.07, 6.45) is 0. The van der Waals surface area contributed by atoms with Gasteiger partial charge in [0.1, 0.15) is 5.75 Å². The summed E-state index contributed by atoms with van der Waals surface area (Å²) in [5, 5.41) is 6.52. The number of aliphatic imine (C=N–C) groups is 1. The second-order valence-electron chi connectivity index (χ2n) is 5.36. The maximum Gasteiger partial charge on any atom is 0.196 e. The lowest BCUT2D eigenvalue weighted by Gasteiger charge is -2.14. The molecule has 2 rings (SSSR count). The number of nitrogens with zero attached hydrogens (tertiary/aromatic N) is 1. The minimum Gasteiger partial charge on any atom is -0.496 e. The second-order valence-corrected chi connectivity index (χ2v) is 6.21. The number of rotatable bonds is 7.